The van der Waals surface area contributed by atoms with Crippen LogP contribution in [0.5, 0.6) is 0 Å². The SMILES string of the molecule is CC(C)P1c2ccccc2N(C)c2cc3ccccc3cc2[P+](C)(C(C)C)c2ccccc2N(C)c2cc3ccccc3cc21. The van der Waals surface area contributed by atoms with Gasteiger partial charge in [0, 0.05) is 36.1 Å². The summed E-state index contributed by atoms with van der Waals surface area (Å²) >= 11 is 0. The van der Waals surface area contributed by atoms with Crippen LogP contribution in [0.3, 0.4) is 0 Å². The Morgan fingerprint density at radius 1 is 0.489 bits per heavy atom. The Kier molecular flexibility index (Phi) is 7.72. The second kappa shape index (κ2) is 11.6. The minimum absolute atomic E-state index is 0.447. The lowest BCUT2D eigenvalue weighted by Gasteiger charge is -2.38. The summed E-state index contributed by atoms with van der Waals surface area (Å²) in [6.45, 7) is 12.3. The van der Waals surface area contributed by atoms with Crippen molar-refractivity contribution >= 4 is 80.7 Å². The number of fused-ring (bicyclic) bond motifs is 6. The minimum atomic E-state index is -1.93. The molecule has 0 spiro atoms. The first-order chi connectivity index (χ1) is 21.7. The summed E-state index contributed by atoms with van der Waals surface area (Å²) in [5.74, 6) is 0. The highest BCUT2D eigenvalue weighted by molar-refractivity contribution is 7.90. The van der Waals surface area contributed by atoms with Crippen LogP contribution in [-0.2, 0) is 0 Å². The maximum absolute atomic E-state index is 2.58. The van der Waals surface area contributed by atoms with Crippen LogP contribution < -0.4 is 31.0 Å². The molecule has 0 amide bonds. The van der Waals surface area contributed by atoms with Crippen molar-refractivity contribution in [2.45, 2.75) is 39.0 Å². The normalized spacial score (nSPS) is 18.3. The van der Waals surface area contributed by atoms with Crippen molar-refractivity contribution in [3.63, 3.8) is 0 Å². The molecular weight excluding hydrogens is 582 g/mol. The Hall–Kier alpha value is -3.70. The third-order valence-corrected chi connectivity index (χ3v) is 17.6. The zero-order valence-corrected chi connectivity index (χ0v) is 29.3. The Labute approximate surface area is 270 Å². The van der Waals surface area contributed by atoms with Gasteiger partial charge in [-0.15, -0.1) is 0 Å². The van der Waals surface area contributed by atoms with Gasteiger partial charge in [-0.3, -0.25) is 0 Å². The Bertz CT molecular complexity index is 2050. The lowest BCUT2D eigenvalue weighted by Crippen LogP contribution is -2.36. The van der Waals surface area contributed by atoms with Crippen molar-refractivity contribution in [3.8, 4) is 0 Å². The van der Waals surface area contributed by atoms with E-state index >= 15 is 0 Å². The number of para-hydroxylation sites is 2. The monoisotopic (exact) mass is 625 g/mol. The van der Waals surface area contributed by atoms with Crippen LogP contribution in [0.1, 0.15) is 27.7 Å². The second-order valence-electron chi connectivity index (χ2n) is 13.1. The maximum Gasteiger partial charge on any atom is 0.123 e. The molecule has 0 aromatic heterocycles. The van der Waals surface area contributed by atoms with Crippen molar-refractivity contribution in [1.29, 1.82) is 0 Å². The van der Waals surface area contributed by atoms with E-state index in [9.17, 15) is 0 Å². The number of benzene rings is 6. The lowest BCUT2D eigenvalue weighted by atomic mass is 10.1. The van der Waals surface area contributed by atoms with E-state index in [-0.39, 0.29) is 0 Å². The first-order valence-corrected chi connectivity index (χ1v) is 19.8. The fraction of sp³-hybridized carbons (Fsp3) is 0.220. The third-order valence-electron chi connectivity index (χ3n) is 9.96. The molecule has 0 fully saturated rings. The summed E-state index contributed by atoms with van der Waals surface area (Å²) in [5.41, 5.74) is 6.15. The number of hydrogen-bond acceptors (Lipinski definition) is 2. The zero-order valence-electron chi connectivity index (χ0n) is 27.5. The standard InChI is InChI=1S/C41H43N2P2/c1-28(2)44-38-22-14-12-20-34(38)42(5)37-25-31-17-9-11-19-33(31)27-41(37)45(7,29(3)4)40-23-15-13-21-35(40)43(6)36-24-30-16-8-10-18-32(30)26-39(36)44/h8-29H,1-7H3/q+1. The van der Waals surface area contributed by atoms with E-state index in [0.29, 0.717) is 11.3 Å². The number of hydrogen-bond donors (Lipinski definition) is 0. The largest absolute Gasteiger partial charge is 0.341 e. The molecular formula is C41H43N2P2+. The predicted molar refractivity (Wildman–Crippen MR) is 205 cm³/mol. The topological polar surface area (TPSA) is 6.48 Å². The summed E-state index contributed by atoms with van der Waals surface area (Å²) in [6, 6.07) is 46.1. The van der Waals surface area contributed by atoms with E-state index in [1.807, 2.05) is 0 Å². The van der Waals surface area contributed by atoms with Gasteiger partial charge in [0.15, 0.2) is 0 Å². The third kappa shape index (κ3) is 4.86. The van der Waals surface area contributed by atoms with E-state index in [1.54, 1.807) is 0 Å². The molecule has 7 rings (SSSR count). The minimum Gasteiger partial charge on any atom is -0.341 e. The molecule has 45 heavy (non-hydrogen) atoms. The van der Waals surface area contributed by atoms with E-state index in [1.165, 1.54) is 65.5 Å². The molecule has 6 aromatic carbocycles. The van der Waals surface area contributed by atoms with E-state index in [2.05, 4.69) is 180 Å². The molecule has 0 bridgehead atoms. The van der Waals surface area contributed by atoms with Gasteiger partial charge in [0.1, 0.15) is 10.6 Å². The van der Waals surface area contributed by atoms with Crippen LogP contribution in [0.25, 0.3) is 21.5 Å². The molecule has 6 aromatic rings. The van der Waals surface area contributed by atoms with Crippen LogP contribution >= 0.6 is 15.2 Å². The van der Waals surface area contributed by atoms with Gasteiger partial charge in [0.25, 0.3) is 0 Å². The maximum atomic E-state index is 2.58. The van der Waals surface area contributed by atoms with Gasteiger partial charge >= 0.3 is 0 Å². The van der Waals surface area contributed by atoms with Crippen molar-refractivity contribution in [3.05, 3.63) is 121 Å². The Morgan fingerprint density at radius 3 is 1.60 bits per heavy atom. The fourth-order valence-electron chi connectivity index (χ4n) is 7.26. The molecule has 1 heterocycles. The van der Waals surface area contributed by atoms with Gasteiger partial charge in [0.05, 0.1) is 31.0 Å². The average molecular weight is 626 g/mol. The average Bonchev–Trinajstić information content (AvgIpc) is 3.06. The molecule has 2 unspecified atom stereocenters. The highest BCUT2D eigenvalue weighted by Crippen LogP contribution is 2.61. The molecule has 1 aliphatic heterocycles. The quantitative estimate of drug-likeness (QED) is 0.177. The van der Waals surface area contributed by atoms with Crippen LogP contribution in [-0.4, -0.2) is 32.1 Å². The van der Waals surface area contributed by atoms with Crippen LogP contribution in [0.15, 0.2) is 121 Å². The summed E-state index contributed by atoms with van der Waals surface area (Å²) in [7, 11) is 1.97. The molecule has 0 radical (unpaired) electrons. The highest BCUT2D eigenvalue weighted by Gasteiger charge is 2.46. The molecule has 0 saturated carbocycles. The molecule has 1 aliphatic rings. The van der Waals surface area contributed by atoms with Gasteiger partial charge < -0.3 is 9.80 Å². The number of rotatable bonds is 2. The predicted octanol–water partition coefficient (Wildman–Crippen LogP) is 9.69. The van der Waals surface area contributed by atoms with Crippen LogP contribution in [0.4, 0.5) is 22.7 Å². The van der Waals surface area contributed by atoms with Crippen LogP contribution in [0.2, 0.25) is 0 Å². The van der Waals surface area contributed by atoms with Gasteiger partial charge in [-0.25, -0.2) is 0 Å². The van der Waals surface area contributed by atoms with Crippen molar-refractivity contribution in [2.24, 2.45) is 0 Å². The van der Waals surface area contributed by atoms with Gasteiger partial charge in [-0.05, 0) is 91.4 Å². The number of anilines is 4. The van der Waals surface area contributed by atoms with Crippen molar-refractivity contribution in [2.75, 3.05) is 30.6 Å². The molecule has 0 saturated heterocycles. The van der Waals surface area contributed by atoms with E-state index < -0.39 is 15.2 Å². The van der Waals surface area contributed by atoms with E-state index in [4.69, 9.17) is 0 Å². The first kappa shape index (κ1) is 30.0. The molecule has 0 N–H and O–H groups in total. The van der Waals surface area contributed by atoms with Crippen molar-refractivity contribution < 1.29 is 0 Å². The zero-order chi connectivity index (χ0) is 31.5. The molecule has 2 nitrogen and oxygen atoms in total. The molecule has 4 heteroatoms. The van der Waals surface area contributed by atoms with Gasteiger partial charge in [-0.1, -0.05) is 92.7 Å². The second-order valence-corrected chi connectivity index (χ2v) is 20.0. The Balaban J connectivity index is 1.66. The first-order valence-electron chi connectivity index (χ1n) is 16.1. The van der Waals surface area contributed by atoms with E-state index in [0.717, 1.165) is 0 Å². The molecule has 0 aliphatic carbocycles. The smallest absolute Gasteiger partial charge is 0.123 e. The highest BCUT2D eigenvalue weighted by atomic mass is 31.2. The summed E-state index contributed by atoms with van der Waals surface area (Å²) in [5, 5.41) is 11.0. The lowest BCUT2D eigenvalue weighted by molar-refractivity contribution is 1.09. The molecule has 226 valence electrons. The number of nitrogens with zero attached hydrogens (tertiary/aromatic N) is 2. The van der Waals surface area contributed by atoms with Gasteiger partial charge in [-0.2, -0.15) is 0 Å². The fourth-order valence-corrected chi connectivity index (χ4v) is 13.7. The summed E-state index contributed by atoms with van der Waals surface area (Å²) in [6.07, 6.45) is 0. The molecule has 2 atom stereocenters. The van der Waals surface area contributed by atoms with Gasteiger partial charge in [0.2, 0.25) is 0 Å². The van der Waals surface area contributed by atoms with Crippen LogP contribution in [0, 0.1) is 0 Å². The summed E-state index contributed by atoms with van der Waals surface area (Å²) < 4.78 is 0. The van der Waals surface area contributed by atoms with Crippen molar-refractivity contribution in [1.82, 2.24) is 0 Å². The summed E-state index contributed by atoms with van der Waals surface area (Å²) in [4.78, 5) is 5.04. The Morgan fingerprint density at radius 2 is 0.978 bits per heavy atom.